The molecule has 5 nitrogen and oxygen atoms in total. The summed E-state index contributed by atoms with van der Waals surface area (Å²) in [5.41, 5.74) is 8.73. The molecule has 2 aliphatic rings. The molecule has 4 rings (SSSR count). The molecule has 0 aliphatic heterocycles. The molecule has 1 aromatic carbocycles. The van der Waals surface area contributed by atoms with Crippen LogP contribution in [0.5, 0.6) is 0 Å². The van der Waals surface area contributed by atoms with Crippen LogP contribution in [0, 0.1) is 5.92 Å². The third kappa shape index (κ3) is 4.58. The van der Waals surface area contributed by atoms with Crippen molar-refractivity contribution in [2.75, 3.05) is 12.4 Å². The van der Waals surface area contributed by atoms with E-state index in [2.05, 4.69) is 36.3 Å². The van der Waals surface area contributed by atoms with Gasteiger partial charge in [-0.05, 0) is 48.9 Å². The van der Waals surface area contributed by atoms with Gasteiger partial charge in [0.2, 0.25) is 5.91 Å². The molecule has 2 aromatic rings. The van der Waals surface area contributed by atoms with Crippen LogP contribution in [-0.2, 0) is 16.6 Å². The number of nitrogens with two attached hydrogens (primary N) is 1. The largest absolute Gasteiger partial charge is 0.414 e. The SMILES string of the molecule is CN(C(=O)[C@H]1CC[C@@H](N)C1)[C@@H](c1ccc(N[C@H]2Cc3ccccc3C2(C)C)cn1)C(F)(F)F. The van der Waals surface area contributed by atoms with Crippen molar-refractivity contribution in [3.8, 4) is 0 Å². The number of amides is 1. The van der Waals surface area contributed by atoms with E-state index in [0.29, 0.717) is 24.9 Å². The van der Waals surface area contributed by atoms with Gasteiger partial charge in [-0.1, -0.05) is 38.1 Å². The molecule has 0 bridgehead atoms. The van der Waals surface area contributed by atoms with Crippen molar-refractivity contribution in [3.05, 3.63) is 59.4 Å². The second kappa shape index (κ2) is 8.63. The van der Waals surface area contributed by atoms with E-state index in [1.54, 1.807) is 6.07 Å². The van der Waals surface area contributed by atoms with Crippen molar-refractivity contribution in [3.63, 3.8) is 0 Å². The summed E-state index contributed by atoms with van der Waals surface area (Å²) < 4.78 is 42.0. The highest BCUT2D eigenvalue weighted by Gasteiger charge is 2.47. The van der Waals surface area contributed by atoms with Gasteiger partial charge in [0.05, 0.1) is 17.6 Å². The quantitative estimate of drug-likeness (QED) is 0.685. The summed E-state index contributed by atoms with van der Waals surface area (Å²) in [5, 5.41) is 3.45. The van der Waals surface area contributed by atoms with Crippen LogP contribution in [0.25, 0.3) is 0 Å². The second-order valence-electron chi connectivity index (χ2n) is 9.91. The molecule has 33 heavy (non-hydrogen) atoms. The lowest BCUT2D eigenvalue weighted by molar-refractivity contribution is -0.191. The maximum atomic E-state index is 14.0. The van der Waals surface area contributed by atoms with E-state index in [9.17, 15) is 18.0 Å². The first-order valence-electron chi connectivity index (χ1n) is 11.4. The van der Waals surface area contributed by atoms with Crippen LogP contribution in [0.1, 0.15) is 56.0 Å². The predicted molar refractivity (Wildman–Crippen MR) is 122 cm³/mol. The molecule has 1 heterocycles. The lowest BCUT2D eigenvalue weighted by Crippen LogP contribution is -2.42. The van der Waals surface area contributed by atoms with Crippen molar-refractivity contribution >= 4 is 11.6 Å². The number of carbonyl (C=O) groups is 1. The van der Waals surface area contributed by atoms with Crippen molar-refractivity contribution in [1.29, 1.82) is 0 Å². The van der Waals surface area contributed by atoms with Crippen LogP contribution in [0.4, 0.5) is 18.9 Å². The number of nitrogens with one attached hydrogen (secondary N) is 1. The zero-order valence-electron chi connectivity index (χ0n) is 19.2. The Hall–Kier alpha value is -2.61. The van der Waals surface area contributed by atoms with E-state index in [4.69, 9.17) is 5.73 Å². The van der Waals surface area contributed by atoms with E-state index in [-0.39, 0.29) is 23.2 Å². The zero-order valence-corrected chi connectivity index (χ0v) is 19.2. The summed E-state index contributed by atoms with van der Waals surface area (Å²) >= 11 is 0. The van der Waals surface area contributed by atoms with Gasteiger partial charge in [-0.2, -0.15) is 13.2 Å². The minimum absolute atomic E-state index is 0.0942. The fraction of sp³-hybridized carbons (Fsp3) is 0.520. The second-order valence-corrected chi connectivity index (χ2v) is 9.91. The van der Waals surface area contributed by atoms with E-state index in [1.165, 1.54) is 30.4 Å². The van der Waals surface area contributed by atoms with Gasteiger partial charge in [0.25, 0.3) is 0 Å². The number of aromatic nitrogens is 1. The maximum absolute atomic E-state index is 14.0. The van der Waals surface area contributed by atoms with E-state index < -0.39 is 24.0 Å². The molecule has 0 unspecified atom stereocenters. The van der Waals surface area contributed by atoms with Gasteiger partial charge >= 0.3 is 6.18 Å². The molecule has 0 spiro atoms. The Kier molecular flexibility index (Phi) is 6.16. The molecule has 3 N–H and O–H groups in total. The standard InChI is InChI=1S/C25H31F3N4O/c1-24(2)19-7-5-4-6-15(19)13-21(24)31-18-10-11-20(30-14-18)22(25(26,27)28)32(3)23(33)16-8-9-17(29)12-16/h4-7,10-11,14,16-17,21-22,31H,8-9,12-13,29H2,1-3H3/t16-,17+,21-,22-/m0/s1. The predicted octanol–water partition coefficient (Wildman–Crippen LogP) is 4.59. The Labute approximate surface area is 192 Å². The molecular formula is C25H31F3N4O. The number of fused-ring (bicyclic) bond motifs is 1. The number of pyridine rings is 1. The molecule has 1 fully saturated rings. The molecule has 4 atom stereocenters. The zero-order chi connectivity index (χ0) is 24.0. The average Bonchev–Trinajstić information content (AvgIpc) is 3.29. The van der Waals surface area contributed by atoms with Gasteiger partial charge in [0.1, 0.15) is 0 Å². The average molecular weight is 461 g/mol. The molecular weight excluding hydrogens is 429 g/mol. The van der Waals surface area contributed by atoms with Crippen LogP contribution >= 0.6 is 0 Å². The molecule has 0 radical (unpaired) electrons. The molecule has 1 saturated carbocycles. The first kappa shape index (κ1) is 23.5. The fourth-order valence-corrected chi connectivity index (χ4v) is 5.32. The number of alkyl halides is 3. The van der Waals surface area contributed by atoms with E-state index in [1.807, 2.05) is 12.1 Å². The van der Waals surface area contributed by atoms with Crippen molar-refractivity contribution in [1.82, 2.24) is 9.88 Å². The number of hydrogen-bond donors (Lipinski definition) is 2. The smallest absolute Gasteiger partial charge is 0.380 e. The summed E-state index contributed by atoms with van der Waals surface area (Å²) in [6, 6.07) is 9.11. The summed E-state index contributed by atoms with van der Waals surface area (Å²) in [6.45, 7) is 4.32. The summed E-state index contributed by atoms with van der Waals surface area (Å²) in [4.78, 5) is 17.7. The van der Waals surface area contributed by atoms with Crippen molar-refractivity contribution in [2.45, 2.75) is 69.2 Å². The van der Waals surface area contributed by atoms with Crippen molar-refractivity contribution < 1.29 is 18.0 Å². The fourth-order valence-electron chi connectivity index (χ4n) is 5.32. The number of carbonyl (C=O) groups excluding carboxylic acids is 1. The molecule has 2 aliphatic carbocycles. The Morgan fingerprint density at radius 1 is 1.21 bits per heavy atom. The highest BCUT2D eigenvalue weighted by atomic mass is 19.4. The first-order chi connectivity index (χ1) is 15.5. The van der Waals surface area contributed by atoms with Gasteiger partial charge in [0, 0.05) is 30.5 Å². The van der Waals surface area contributed by atoms with E-state index in [0.717, 1.165) is 11.3 Å². The Morgan fingerprint density at radius 2 is 1.94 bits per heavy atom. The number of rotatable bonds is 5. The van der Waals surface area contributed by atoms with Crippen molar-refractivity contribution in [2.24, 2.45) is 11.7 Å². The Bertz CT molecular complexity index is 1010. The van der Waals surface area contributed by atoms with Crippen LogP contribution in [0.3, 0.4) is 0 Å². The number of nitrogens with zero attached hydrogens (tertiary/aromatic N) is 2. The Morgan fingerprint density at radius 3 is 2.52 bits per heavy atom. The van der Waals surface area contributed by atoms with Crippen LogP contribution < -0.4 is 11.1 Å². The third-order valence-electron chi connectivity index (χ3n) is 7.28. The normalized spacial score (nSPS) is 24.9. The topological polar surface area (TPSA) is 71.2 Å². The minimum atomic E-state index is -4.64. The van der Waals surface area contributed by atoms with Gasteiger partial charge in [0.15, 0.2) is 6.04 Å². The molecule has 1 aromatic heterocycles. The summed E-state index contributed by atoms with van der Waals surface area (Å²) in [7, 11) is 1.20. The number of hydrogen-bond acceptors (Lipinski definition) is 4. The summed E-state index contributed by atoms with van der Waals surface area (Å²) in [6.07, 6.45) is -0.786. The molecule has 8 heteroatoms. The molecule has 178 valence electrons. The Balaban J connectivity index is 1.51. The van der Waals surface area contributed by atoms with Gasteiger partial charge < -0.3 is 16.0 Å². The third-order valence-corrected chi connectivity index (χ3v) is 7.28. The lowest BCUT2D eigenvalue weighted by Gasteiger charge is -2.32. The minimum Gasteiger partial charge on any atom is -0.380 e. The van der Waals surface area contributed by atoms with Crippen LogP contribution in [0.15, 0.2) is 42.6 Å². The lowest BCUT2D eigenvalue weighted by atomic mass is 9.83. The maximum Gasteiger partial charge on any atom is 0.414 e. The van der Waals surface area contributed by atoms with Crippen LogP contribution in [-0.4, -0.2) is 41.1 Å². The number of anilines is 1. The van der Waals surface area contributed by atoms with E-state index >= 15 is 0 Å². The van der Waals surface area contributed by atoms with Gasteiger partial charge in [-0.15, -0.1) is 0 Å². The van der Waals surface area contributed by atoms with Gasteiger partial charge in [-0.25, -0.2) is 0 Å². The van der Waals surface area contributed by atoms with Gasteiger partial charge in [-0.3, -0.25) is 9.78 Å². The molecule has 0 saturated heterocycles. The highest BCUT2D eigenvalue weighted by Crippen LogP contribution is 2.41. The summed E-state index contributed by atoms with van der Waals surface area (Å²) in [5.74, 6) is -0.998. The molecule has 1 amide bonds. The highest BCUT2D eigenvalue weighted by molar-refractivity contribution is 5.79. The monoisotopic (exact) mass is 460 g/mol. The number of halogens is 3. The first-order valence-corrected chi connectivity index (χ1v) is 11.4. The number of benzene rings is 1. The van der Waals surface area contributed by atoms with Crippen LogP contribution in [0.2, 0.25) is 0 Å².